The van der Waals surface area contributed by atoms with Crippen molar-refractivity contribution in [3.63, 3.8) is 0 Å². The van der Waals surface area contributed by atoms with Gasteiger partial charge in [-0.3, -0.25) is 0 Å². The maximum atomic E-state index is 10.0. The zero-order valence-corrected chi connectivity index (χ0v) is 8.58. The summed E-state index contributed by atoms with van der Waals surface area (Å²) in [5.41, 5.74) is 0. The van der Waals surface area contributed by atoms with Crippen LogP contribution in [0.3, 0.4) is 0 Å². The quantitative estimate of drug-likeness (QED) is 0.770. The van der Waals surface area contributed by atoms with Crippen molar-refractivity contribution in [2.24, 2.45) is 0 Å². The molecule has 0 aliphatic rings. The number of aromatic carboxylic acids is 1. The summed E-state index contributed by atoms with van der Waals surface area (Å²) in [4.78, 5) is 10.3. The van der Waals surface area contributed by atoms with Gasteiger partial charge in [0.2, 0.25) is 0 Å². The Morgan fingerprint density at radius 3 is 2.42 bits per heavy atom. The summed E-state index contributed by atoms with van der Waals surface area (Å²) in [6, 6.07) is 1.47. The lowest BCUT2D eigenvalue weighted by molar-refractivity contribution is 0.0702. The second-order valence-corrected chi connectivity index (χ2v) is 4.72. The van der Waals surface area contributed by atoms with Crippen LogP contribution in [0.2, 0.25) is 0 Å². The van der Waals surface area contributed by atoms with Crippen molar-refractivity contribution >= 4 is 48.5 Å². The third-order valence-corrected chi connectivity index (χ3v) is 1.38. The third kappa shape index (κ3) is 6.68. The maximum Gasteiger partial charge on any atom is 0.347 e. The molecule has 0 saturated heterocycles. The summed E-state index contributed by atoms with van der Waals surface area (Å²) in [7, 11) is 7.36. The second-order valence-electron chi connectivity index (χ2n) is 1.37. The van der Waals surface area contributed by atoms with Gasteiger partial charge in [-0.15, -0.1) is 0 Å². The molecule has 68 valence electrons. The molecule has 1 rings (SSSR count). The molecule has 12 heavy (non-hydrogen) atoms. The summed E-state index contributed by atoms with van der Waals surface area (Å²) in [5, 5.41) is 8.24. The van der Waals surface area contributed by atoms with Gasteiger partial charge in [0.25, 0.3) is 0 Å². The Hall–Kier alpha value is -0.0100. The largest absolute Gasteiger partial charge is 0.582 e. The van der Waals surface area contributed by atoms with Crippen molar-refractivity contribution in [1.82, 2.24) is 4.37 Å². The monoisotopic (exact) mass is 247 g/mol. The second kappa shape index (κ2) is 6.50. The van der Waals surface area contributed by atoms with Crippen LogP contribution in [0.1, 0.15) is 9.67 Å². The van der Waals surface area contributed by atoms with Crippen LogP contribution in [0, 0.1) is 0 Å². The predicted octanol–water partition coefficient (Wildman–Crippen LogP) is 1.88. The number of halogens is 2. The van der Waals surface area contributed by atoms with E-state index in [-0.39, 0.29) is 4.88 Å². The predicted molar refractivity (Wildman–Crippen MR) is 48.9 cm³/mol. The molecular weight excluding hydrogens is 245 g/mol. The normalized spacial score (nSPS) is 9.00. The first-order chi connectivity index (χ1) is 5.54. The molecule has 1 aromatic rings. The van der Waals surface area contributed by atoms with E-state index < -0.39 is 15.6 Å². The van der Waals surface area contributed by atoms with E-state index in [1.54, 1.807) is 0 Å². The summed E-state index contributed by atoms with van der Waals surface area (Å²) in [5.74, 6) is -0.910. The van der Waals surface area contributed by atoms with Crippen LogP contribution in [0.15, 0.2) is 12.3 Å². The Bertz CT molecular complexity index is 225. The summed E-state index contributed by atoms with van der Waals surface area (Å²) < 4.78 is 12.7. The lowest BCUT2D eigenvalue weighted by Crippen LogP contribution is -1.89. The van der Waals surface area contributed by atoms with E-state index in [0.717, 1.165) is 11.5 Å². The Balaban J connectivity index is 0.000000261. The van der Waals surface area contributed by atoms with Gasteiger partial charge in [0.15, 0.2) is 31.0 Å². The Morgan fingerprint density at radius 1 is 1.75 bits per heavy atom. The van der Waals surface area contributed by atoms with Crippen LogP contribution in [-0.2, 0) is 9.60 Å². The highest BCUT2D eigenvalue weighted by Gasteiger charge is 2.00. The SMILES string of the molecule is O=C(O)c1ccns1.[O-][S+](Cl)Cl. The average Bonchev–Trinajstić information content (AvgIpc) is 2.34. The fraction of sp³-hybridized carbons (Fsp3) is 0. The van der Waals surface area contributed by atoms with Crippen LogP contribution in [0.25, 0.3) is 0 Å². The number of hydrogen-bond donors (Lipinski definition) is 1. The summed E-state index contributed by atoms with van der Waals surface area (Å²) in [6.07, 6.45) is 1.47. The van der Waals surface area contributed by atoms with Crippen LogP contribution in [0.4, 0.5) is 0 Å². The van der Waals surface area contributed by atoms with Crippen LogP contribution >= 0.6 is 32.9 Å². The molecule has 0 unspecified atom stereocenters. The number of rotatable bonds is 1. The summed E-state index contributed by atoms with van der Waals surface area (Å²) in [6.45, 7) is 0. The van der Waals surface area contributed by atoms with Crippen molar-refractivity contribution in [1.29, 1.82) is 0 Å². The zero-order valence-electron chi connectivity index (χ0n) is 5.44. The molecule has 0 saturated carbocycles. The Morgan fingerprint density at radius 2 is 2.25 bits per heavy atom. The van der Waals surface area contributed by atoms with Crippen molar-refractivity contribution < 1.29 is 14.5 Å². The molecule has 8 heteroatoms. The molecule has 0 radical (unpaired) electrons. The number of carbonyl (C=O) groups is 1. The molecule has 0 amide bonds. The van der Waals surface area contributed by atoms with E-state index in [1.807, 2.05) is 0 Å². The molecule has 0 aliphatic heterocycles. The van der Waals surface area contributed by atoms with E-state index in [9.17, 15) is 4.79 Å². The molecule has 0 fully saturated rings. The van der Waals surface area contributed by atoms with Gasteiger partial charge in [0.05, 0.1) is 0 Å². The van der Waals surface area contributed by atoms with E-state index in [0.29, 0.717) is 0 Å². The van der Waals surface area contributed by atoms with Crippen LogP contribution in [0.5, 0.6) is 0 Å². The van der Waals surface area contributed by atoms with Gasteiger partial charge >= 0.3 is 5.97 Å². The Kier molecular flexibility index (Phi) is 6.49. The smallest absolute Gasteiger partial charge is 0.347 e. The van der Waals surface area contributed by atoms with Gasteiger partial charge in [-0.2, -0.15) is 0 Å². The summed E-state index contributed by atoms with van der Waals surface area (Å²) >= 11 is 0.981. The van der Waals surface area contributed by atoms with Crippen LogP contribution < -0.4 is 0 Å². The molecule has 1 heterocycles. The average molecular weight is 248 g/mol. The van der Waals surface area contributed by atoms with E-state index in [4.69, 9.17) is 9.66 Å². The molecule has 0 spiro atoms. The minimum absolute atomic E-state index is 0.282. The zero-order chi connectivity index (χ0) is 9.56. The topological polar surface area (TPSA) is 73.2 Å². The standard InChI is InChI=1S/C4H3NO2S.Cl2OS/c6-4(7)3-1-2-5-8-3;1-4(2)3/h1-2H,(H,6,7);. The van der Waals surface area contributed by atoms with Crippen molar-refractivity contribution in [3.05, 3.63) is 17.1 Å². The molecule has 4 nitrogen and oxygen atoms in total. The first-order valence-electron chi connectivity index (χ1n) is 2.42. The van der Waals surface area contributed by atoms with Gasteiger partial charge in [0.1, 0.15) is 4.88 Å². The number of hydrogen-bond acceptors (Lipinski definition) is 4. The van der Waals surface area contributed by atoms with Gasteiger partial charge in [0, 0.05) is 6.20 Å². The fourth-order valence-corrected chi connectivity index (χ4v) is 0.761. The molecular formula is C4H3Cl2NO3S2. The number of nitrogens with zero attached hydrogens (tertiary/aromatic N) is 1. The van der Waals surface area contributed by atoms with Gasteiger partial charge in [-0.25, -0.2) is 9.17 Å². The highest BCUT2D eigenvalue weighted by molar-refractivity contribution is 8.31. The van der Waals surface area contributed by atoms with Gasteiger partial charge in [-0.05, 0) is 17.6 Å². The van der Waals surface area contributed by atoms with Gasteiger partial charge < -0.3 is 9.66 Å². The van der Waals surface area contributed by atoms with E-state index in [1.165, 1.54) is 12.3 Å². The first kappa shape index (κ1) is 12.0. The van der Waals surface area contributed by atoms with Crippen molar-refractivity contribution in [2.75, 3.05) is 0 Å². The van der Waals surface area contributed by atoms with Crippen molar-refractivity contribution in [3.8, 4) is 0 Å². The molecule has 1 N–H and O–H groups in total. The number of carboxylic acid groups (broad SMARTS) is 1. The number of aromatic nitrogens is 1. The maximum absolute atomic E-state index is 10.0. The first-order valence-corrected chi connectivity index (χ1v) is 6.00. The fourth-order valence-electron chi connectivity index (χ4n) is 0.326. The number of carboxylic acids is 1. The Labute approximate surface area is 84.5 Å². The minimum Gasteiger partial charge on any atom is -0.582 e. The van der Waals surface area contributed by atoms with Crippen molar-refractivity contribution in [2.45, 2.75) is 0 Å². The third-order valence-electron chi connectivity index (χ3n) is 0.649. The lowest BCUT2D eigenvalue weighted by atomic mass is 10.5. The van der Waals surface area contributed by atoms with Crippen LogP contribution in [-0.4, -0.2) is 20.0 Å². The molecule has 0 aromatic carbocycles. The molecule has 0 bridgehead atoms. The van der Waals surface area contributed by atoms with E-state index in [2.05, 4.69) is 25.7 Å². The molecule has 0 aliphatic carbocycles. The highest BCUT2D eigenvalue weighted by atomic mass is 36.0. The molecule has 1 aromatic heterocycles. The van der Waals surface area contributed by atoms with Gasteiger partial charge in [-0.1, -0.05) is 0 Å². The van der Waals surface area contributed by atoms with E-state index >= 15 is 0 Å². The lowest BCUT2D eigenvalue weighted by Gasteiger charge is -1.76. The molecule has 0 atom stereocenters. The minimum atomic E-state index is -1.67. The highest BCUT2D eigenvalue weighted by Crippen LogP contribution is 2.02.